The van der Waals surface area contributed by atoms with Crippen molar-refractivity contribution in [1.82, 2.24) is 0 Å². The van der Waals surface area contributed by atoms with E-state index in [0.29, 0.717) is 5.75 Å². The van der Waals surface area contributed by atoms with Crippen LogP contribution in [-0.4, -0.2) is 21.6 Å². The fourth-order valence-corrected chi connectivity index (χ4v) is 3.19. The zero-order valence-electron chi connectivity index (χ0n) is 13.0. The Balaban J connectivity index is 2.46. The molecule has 0 fully saturated rings. The maximum Gasteiger partial charge on any atom is 0.417 e. The summed E-state index contributed by atoms with van der Waals surface area (Å²) in [6.07, 6.45) is -6.31. The molecule has 1 unspecified atom stereocenters. The fraction of sp³-hybridized carbons (Fsp3) is 0.375. The monoisotopic (exact) mass is 328 g/mol. The van der Waals surface area contributed by atoms with E-state index < -0.39 is 20.6 Å². The summed E-state index contributed by atoms with van der Waals surface area (Å²) in [5, 5.41) is 1.56. The Morgan fingerprint density at radius 3 is 2.09 bits per heavy atom. The van der Waals surface area contributed by atoms with Gasteiger partial charge in [-0.3, -0.25) is 0 Å². The van der Waals surface area contributed by atoms with E-state index in [1.807, 2.05) is 0 Å². The van der Waals surface area contributed by atoms with E-state index >= 15 is 0 Å². The average Bonchev–Trinajstić information content (AvgIpc) is 2.41. The first-order valence-electron chi connectivity index (χ1n) is 6.92. The Kier molecular flexibility index (Phi) is 4.53. The standard InChI is InChI=1S/C16H19F3O2Si/c1-20-14-8-7-11-9-13(6-5-12(11)10-14)15(16(17,18)19)21-22(2,3)4/h5-10,15H,1-4H3. The van der Waals surface area contributed by atoms with Crippen molar-refractivity contribution in [2.45, 2.75) is 31.9 Å². The zero-order chi connectivity index (χ0) is 16.5. The summed E-state index contributed by atoms with van der Waals surface area (Å²) in [7, 11) is -0.783. The molecule has 2 aromatic rings. The number of fused-ring (bicyclic) bond motifs is 1. The third-order valence-electron chi connectivity index (χ3n) is 3.14. The van der Waals surface area contributed by atoms with Crippen molar-refractivity contribution in [3.8, 4) is 5.75 Å². The SMILES string of the molecule is COc1ccc2cc(C(O[Si](C)(C)C)C(F)(F)F)ccc2c1. The topological polar surface area (TPSA) is 18.5 Å². The van der Waals surface area contributed by atoms with Crippen LogP contribution in [0.3, 0.4) is 0 Å². The van der Waals surface area contributed by atoms with Crippen molar-refractivity contribution in [2.24, 2.45) is 0 Å². The summed E-state index contributed by atoms with van der Waals surface area (Å²) in [6.45, 7) is 5.24. The van der Waals surface area contributed by atoms with Gasteiger partial charge in [0.15, 0.2) is 14.4 Å². The van der Waals surface area contributed by atoms with Crippen LogP contribution in [0.15, 0.2) is 36.4 Å². The van der Waals surface area contributed by atoms with Crippen molar-refractivity contribution >= 4 is 19.1 Å². The van der Waals surface area contributed by atoms with Crippen LogP contribution in [0, 0.1) is 0 Å². The molecule has 0 amide bonds. The smallest absolute Gasteiger partial charge is 0.417 e. The molecule has 0 N–H and O–H groups in total. The highest BCUT2D eigenvalue weighted by Crippen LogP contribution is 2.39. The molecule has 22 heavy (non-hydrogen) atoms. The fourth-order valence-electron chi connectivity index (χ4n) is 2.21. The van der Waals surface area contributed by atoms with Crippen LogP contribution in [-0.2, 0) is 4.43 Å². The third kappa shape index (κ3) is 4.01. The maximum atomic E-state index is 13.3. The summed E-state index contributed by atoms with van der Waals surface area (Å²) < 4.78 is 50.5. The number of benzene rings is 2. The van der Waals surface area contributed by atoms with Gasteiger partial charge in [-0.15, -0.1) is 0 Å². The largest absolute Gasteiger partial charge is 0.497 e. The molecule has 0 heterocycles. The van der Waals surface area contributed by atoms with Gasteiger partial charge < -0.3 is 9.16 Å². The molecule has 6 heteroatoms. The van der Waals surface area contributed by atoms with Crippen LogP contribution in [0.1, 0.15) is 11.7 Å². The minimum Gasteiger partial charge on any atom is -0.497 e. The molecule has 0 bridgehead atoms. The Bertz CT molecular complexity index is 662. The van der Waals surface area contributed by atoms with Gasteiger partial charge >= 0.3 is 6.18 Å². The van der Waals surface area contributed by atoms with Gasteiger partial charge in [0.25, 0.3) is 0 Å². The molecule has 120 valence electrons. The van der Waals surface area contributed by atoms with Crippen LogP contribution >= 0.6 is 0 Å². The predicted molar refractivity (Wildman–Crippen MR) is 83.7 cm³/mol. The molecule has 2 nitrogen and oxygen atoms in total. The van der Waals surface area contributed by atoms with Crippen molar-refractivity contribution in [1.29, 1.82) is 0 Å². The Hall–Kier alpha value is -1.53. The van der Waals surface area contributed by atoms with Crippen molar-refractivity contribution < 1.29 is 22.3 Å². The van der Waals surface area contributed by atoms with Gasteiger partial charge in [-0.1, -0.05) is 18.2 Å². The normalized spacial score (nSPS) is 14.1. The van der Waals surface area contributed by atoms with E-state index in [2.05, 4.69) is 0 Å². The second-order valence-electron chi connectivity index (χ2n) is 6.12. The molecule has 2 rings (SSSR count). The lowest BCUT2D eigenvalue weighted by Gasteiger charge is -2.28. The lowest BCUT2D eigenvalue weighted by Crippen LogP contribution is -2.34. The molecule has 0 aliphatic rings. The number of rotatable bonds is 4. The quantitative estimate of drug-likeness (QED) is 0.709. The Labute approximate surface area is 129 Å². The Morgan fingerprint density at radius 1 is 0.955 bits per heavy atom. The summed E-state index contributed by atoms with van der Waals surface area (Å²) in [4.78, 5) is 0. The van der Waals surface area contributed by atoms with E-state index in [9.17, 15) is 13.2 Å². The highest BCUT2D eigenvalue weighted by Gasteiger charge is 2.44. The number of halogens is 3. The molecule has 0 aliphatic heterocycles. The molecular formula is C16H19F3O2Si. The van der Waals surface area contributed by atoms with E-state index in [0.717, 1.165) is 10.8 Å². The lowest BCUT2D eigenvalue weighted by atomic mass is 10.0. The third-order valence-corrected chi connectivity index (χ3v) is 4.09. The molecule has 0 saturated heterocycles. The van der Waals surface area contributed by atoms with E-state index in [1.54, 1.807) is 51.0 Å². The van der Waals surface area contributed by atoms with Crippen LogP contribution < -0.4 is 4.74 Å². The molecule has 1 atom stereocenters. The zero-order valence-corrected chi connectivity index (χ0v) is 14.0. The summed E-state index contributed by atoms with van der Waals surface area (Å²) in [5.41, 5.74) is 0.132. The molecule has 0 spiro atoms. The van der Waals surface area contributed by atoms with Crippen LogP contribution in [0.2, 0.25) is 19.6 Å². The number of alkyl halides is 3. The van der Waals surface area contributed by atoms with Gasteiger partial charge in [-0.2, -0.15) is 13.2 Å². The first kappa shape index (κ1) is 16.8. The van der Waals surface area contributed by atoms with Crippen molar-refractivity contribution in [3.05, 3.63) is 42.0 Å². The van der Waals surface area contributed by atoms with Gasteiger partial charge in [-0.25, -0.2) is 0 Å². The number of methoxy groups -OCH3 is 1. The summed E-state index contributed by atoms with van der Waals surface area (Å²) in [6, 6.07) is 9.95. The summed E-state index contributed by atoms with van der Waals surface area (Å²) in [5.74, 6) is 0.672. The minimum atomic E-state index is -4.43. The second kappa shape index (κ2) is 5.93. The van der Waals surface area contributed by atoms with E-state index in [-0.39, 0.29) is 5.56 Å². The van der Waals surface area contributed by atoms with E-state index in [1.165, 1.54) is 12.1 Å². The van der Waals surface area contributed by atoms with E-state index in [4.69, 9.17) is 9.16 Å². The van der Waals surface area contributed by atoms with Gasteiger partial charge in [-0.05, 0) is 54.2 Å². The van der Waals surface area contributed by atoms with Crippen molar-refractivity contribution in [2.75, 3.05) is 7.11 Å². The first-order valence-corrected chi connectivity index (χ1v) is 10.3. The maximum absolute atomic E-state index is 13.3. The molecule has 0 saturated carbocycles. The van der Waals surface area contributed by atoms with Crippen LogP contribution in [0.25, 0.3) is 10.8 Å². The highest BCUT2D eigenvalue weighted by molar-refractivity contribution is 6.69. The van der Waals surface area contributed by atoms with Gasteiger partial charge in [0.2, 0.25) is 0 Å². The van der Waals surface area contributed by atoms with Crippen LogP contribution in [0.4, 0.5) is 13.2 Å². The number of ether oxygens (including phenoxy) is 1. The van der Waals surface area contributed by atoms with Gasteiger partial charge in [0, 0.05) is 0 Å². The number of hydrogen-bond donors (Lipinski definition) is 0. The first-order chi connectivity index (χ1) is 10.1. The molecule has 0 aliphatic carbocycles. The molecule has 2 aromatic carbocycles. The molecule has 0 radical (unpaired) electrons. The second-order valence-corrected chi connectivity index (χ2v) is 10.6. The highest BCUT2D eigenvalue weighted by atomic mass is 28.4. The van der Waals surface area contributed by atoms with Gasteiger partial charge in [0.1, 0.15) is 5.75 Å². The molecule has 0 aromatic heterocycles. The molecular weight excluding hydrogens is 309 g/mol. The Morgan fingerprint density at radius 2 is 1.55 bits per heavy atom. The number of hydrogen-bond acceptors (Lipinski definition) is 2. The van der Waals surface area contributed by atoms with Crippen molar-refractivity contribution in [3.63, 3.8) is 0 Å². The predicted octanol–water partition coefficient (Wildman–Crippen LogP) is 5.30. The summed E-state index contributed by atoms with van der Waals surface area (Å²) >= 11 is 0. The van der Waals surface area contributed by atoms with Gasteiger partial charge in [0.05, 0.1) is 7.11 Å². The average molecular weight is 328 g/mol. The van der Waals surface area contributed by atoms with Crippen LogP contribution in [0.5, 0.6) is 5.75 Å². The lowest BCUT2D eigenvalue weighted by molar-refractivity contribution is -0.200. The minimum absolute atomic E-state index is 0.132.